The molecule has 0 aliphatic carbocycles. The Bertz CT molecular complexity index is 111. The molecule has 0 heterocycles. The van der Waals surface area contributed by atoms with Gasteiger partial charge in [-0.1, -0.05) is 12.1 Å². The van der Waals surface area contributed by atoms with Gasteiger partial charge in [-0.05, 0) is 0 Å². The molecule has 0 aromatic carbocycles. The average Bonchev–Trinajstić information content (AvgIpc) is 1.89. The molecule has 52 valence electrons. The van der Waals surface area contributed by atoms with Crippen molar-refractivity contribution in [1.29, 1.82) is 0 Å². The number of oxime groups is 1. The Hall–Kier alpha value is -1.06. The van der Waals surface area contributed by atoms with Crippen molar-refractivity contribution in [2.45, 2.75) is 13.3 Å². The van der Waals surface area contributed by atoms with Crippen molar-refractivity contribution in [3.8, 4) is 0 Å². The van der Waals surface area contributed by atoms with Gasteiger partial charge in [-0.2, -0.15) is 0 Å². The molecule has 0 atom stereocenters. The molecule has 0 fully saturated rings. The largest absolute Gasteiger partial charge is 0.460 e. The normalized spacial score (nSPS) is 9.89. The van der Waals surface area contributed by atoms with Crippen molar-refractivity contribution in [2.75, 3.05) is 6.61 Å². The third kappa shape index (κ3) is 4.80. The zero-order chi connectivity index (χ0) is 7.11. The smallest absolute Gasteiger partial charge is 0.305 e. The number of nitrogens with zero attached hydrogens (tertiary/aromatic N) is 1. The second-order valence-electron chi connectivity index (χ2n) is 1.33. The lowest BCUT2D eigenvalue weighted by atomic mass is 10.5. The quantitative estimate of drug-likeness (QED) is 0.261. The summed E-state index contributed by atoms with van der Waals surface area (Å²) in [6.45, 7) is 1.74. The minimum Gasteiger partial charge on any atom is -0.460 e. The first kappa shape index (κ1) is 7.94. The van der Waals surface area contributed by atoms with E-state index in [1.54, 1.807) is 6.92 Å². The summed E-state index contributed by atoms with van der Waals surface area (Å²) in [6.07, 6.45) is 1.45. The molecule has 4 heteroatoms. The highest BCUT2D eigenvalue weighted by Gasteiger charge is 1.93. The van der Waals surface area contributed by atoms with E-state index in [0.717, 1.165) is 6.21 Å². The van der Waals surface area contributed by atoms with E-state index >= 15 is 0 Å². The fraction of sp³-hybridized carbons (Fsp3) is 0.600. The van der Waals surface area contributed by atoms with Crippen molar-refractivity contribution in [3.63, 3.8) is 0 Å². The minimum absolute atomic E-state index is 0.0448. The predicted molar refractivity (Wildman–Crippen MR) is 31.5 cm³/mol. The average molecular weight is 131 g/mol. The second kappa shape index (κ2) is 5.08. The van der Waals surface area contributed by atoms with Crippen LogP contribution in [0, 0.1) is 0 Å². The summed E-state index contributed by atoms with van der Waals surface area (Å²) >= 11 is 0. The Balaban J connectivity index is 3.17. The van der Waals surface area contributed by atoms with Crippen LogP contribution < -0.4 is 0 Å². The molecule has 0 unspecified atom stereocenters. The molecule has 1 N–H and O–H groups in total. The Labute approximate surface area is 53.1 Å². The molecule has 0 aromatic rings. The first-order chi connectivity index (χ1) is 4.31. The standard InChI is InChI=1S/C5H9NO3/c1-2-5(7)9-4-3-6-8/h3,8H,2,4H2,1H3. The van der Waals surface area contributed by atoms with E-state index in [0.29, 0.717) is 6.42 Å². The fourth-order valence-corrected chi connectivity index (χ4v) is 0.266. The van der Waals surface area contributed by atoms with Crippen LogP contribution in [-0.2, 0) is 9.53 Å². The third-order valence-corrected chi connectivity index (χ3v) is 0.689. The topological polar surface area (TPSA) is 58.9 Å². The van der Waals surface area contributed by atoms with Gasteiger partial charge in [0.25, 0.3) is 0 Å². The molecule has 0 amide bonds. The van der Waals surface area contributed by atoms with Gasteiger partial charge in [0, 0.05) is 6.42 Å². The molecule has 0 aromatic heterocycles. The highest BCUT2D eigenvalue weighted by molar-refractivity contribution is 5.71. The maximum atomic E-state index is 10.3. The summed E-state index contributed by atoms with van der Waals surface area (Å²) < 4.78 is 4.48. The van der Waals surface area contributed by atoms with Crippen LogP contribution in [0.3, 0.4) is 0 Å². The Morgan fingerprint density at radius 3 is 3.00 bits per heavy atom. The molecule has 0 radical (unpaired) electrons. The summed E-state index contributed by atoms with van der Waals surface area (Å²) in [5.41, 5.74) is 0. The summed E-state index contributed by atoms with van der Waals surface area (Å²) in [5, 5.41) is 10.5. The third-order valence-electron chi connectivity index (χ3n) is 0.689. The monoisotopic (exact) mass is 131 g/mol. The van der Waals surface area contributed by atoms with Crippen molar-refractivity contribution in [2.24, 2.45) is 5.16 Å². The molecule has 9 heavy (non-hydrogen) atoms. The fourth-order valence-electron chi connectivity index (χ4n) is 0.266. The van der Waals surface area contributed by atoms with E-state index in [-0.39, 0.29) is 12.6 Å². The molecule has 0 aliphatic heterocycles. The van der Waals surface area contributed by atoms with Crippen LogP contribution in [0.25, 0.3) is 0 Å². The molecule has 0 saturated heterocycles. The van der Waals surface area contributed by atoms with Crippen LogP contribution in [-0.4, -0.2) is 24.0 Å². The van der Waals surface area contributed by atoms with E-state index in [9.17, 15) is 4.79 Å². The molecule has 0 aliphatic rings. The number of esters is 1. The van der Waals surface area contributed by atoms with E-state index in [1.165, 1.54) is 0 Å². The van der Waals surface area contributed by atoms with Crippen LogP contribution in [0.5, 0.6) is 0 Å². The van der Waals surface area contributed by atoms with Crippen molar-refractivity contribution < 1.29 is 14.7 Å². The highest BCUT2D eigenvalue weighted by Crippen LogP contribution is 1.80. The lowest BCUT2D eigenvalue weighted by molar-refractivity contribution is -0.141. The van der Waals surface area contributed by atoms with E-state index in [2.05, 4.69) is 9.89 Å². The molecule has 0 rings (SSSR count). The molecule has 0 spiro atoms. The van der Waals surface area contributed by atoms with E-state index in [4.69, 9.17) is 5.21 Å². The Morgan fingerprint density at radius 1 is 1.89 bits per heavy atom. The van der Waals surface area contributed by atoms with Gasteiger partial charge in [0.2, 0.25) is 0 Å². The maximum absolute atomic E-state index is 10.3. The van der Waals surface area contributed by atoms with Crippen LogP contribution in [0.1, 0.15) is 13.3 Å². The summed E-state index contributed by atoms with van der Waals surface area (Å²) in [4.78, 5) is 10.3. The molecule has 0 bridgehead atoms. The summed E-state index contributed by atoms with van der Waals surface area (Å²) in [6, 6.07) is 0. The SMILES string of the molecule is CCC(=O)OCC=NO. The van der Waals surface area contributed by atoms with E-state index < -0.39 is 0 Å². The zero-order valence-electron chi connectivity index (χ0n) is 5.20. The van der Waals surface area contributed by atoms with Gasteiger partial charge in [0.1, 0.15) is 6.61 Å². The van der Waals surface area contributed by atoms with Crippen LogP contribution >= 0.6 is 0 Å². The Morgan fingerprint density at radius 2 is 2.56 bits per heavy atom. The first-order valence-corrected chi connectivity index (χ1v) is 2.62. The number of hydrogen-bond donors (Lipinski definition) is 1. The van der Waals surface area contributed by atoms with Gasteiger partial charge in [-0.3, -0.25) is 4.79 Å². The Kier molecular flexibility index (Phi) is 4.49. The van der Waals surface area contributed by atoms with Gasteiger partial charge in [0.05, 0.1) is 6.21 Å². The molecule has 4 nitrogen and oxygen atoms in total. The molecular weight excluding hydrogens is 122 g/mol. The maximum Gasteiger partial charge on any atom is 0.305 e. The van der Waals surface area contributed by atoms with Gasteiger partial charge < -0.3 is 9.94 Å². The van der Waals surface area contributed by atoms with Crippen LogP contribution in [0.2, 0.25) is 0 Å². The van der Waals surface area contributed by atoms with Gasteiger partial charge in [-0.25, -0.2) is 0 Å². The van der Waals surface area contributed by atoms with Gasteiger partial charge >= 0.3 is 5.97 Å². The summed E-state index contributed by atoms with van der Waals surface area (Å²) in [5.74, 6) is -0.296. The number of carbonyl (C=O) groups excluding carboxylic acids is 1. The minimum atomic E-state index is -0.296. The van der Waals surface area contributed by atoms with Gasteiger partial charge in [0.15, 0.2) is 0 Å². The lowest BCUT2D eigenvalue weighted by Gasteiger charge is -1.94. The van der Waals surface area contributed by atoms with Crippen molar-refractivity contribution in [3.05, 3.63) is 0 Å². The van der Waals surface area contributed by atoms with Crippen LogP contribution in [0.15, 0.2) is 5.16 Å². The number of hydrogen-bond acceptors (Lipinski definition) is 4. The highest BCUT2D eigenvalue weighted by atomic mass is 16.5. The van der Waals surface area contributed by atoms with Crippen molar-refractivity contribution >= 4 is 12.2 Å². The molecular formula is C5H9NO3. The van der Waals surface area contributed by atoms with Crippen LogP contribution in [0.4, 0.5) is 0 Å². The summed E-state index contributed by atoms with van der Waals surface area (Å²) in [7, 11) is 0. The number of carbonyl (C=O) groups is 1. The predicted octanol–water partition coefficient (Wildman–Crippen LogP) is 0.400. The number of ether oxygens (including phenoxy) is 1. The van der Waals surface area contributed by atoms with Gasteiger partial charge in [-0.15, -0.1) is 0 Å². The number of rotatable bonds is 3. The first-order valence-electron chi connectivity index (χ1n) is 2.62. The lowest BCUT2D eigenvalue weighted by Crippen LogP contribution is -2.04. The van der Waals surface area contributed by atoms with E-state index in [1.807, 2.05) is 0 Å². The zero-order valence-corrected chi connectivity index (χ0v) is 5.20. The second-order valence-corrected chi connectivity index (χ2v) is 1.33. The van der Waals surface area contributed by atoms with Crippen molar-refractivity contribution in [1.82, 2.24) is 0 Å². The molecule has 0 saturated carbocycles.